The van der Waals surface area contributed by atoms with Gasteiger partial charge in [0.15, 0.2) is 6.61 Å². The lowest BCUT2D eigenvalue weighted by molar-refractivity contribution is -0.144. The van der Waals surface area contributed by atoms with E-state index in [1.165, 1.54) is 6.08 Å². The van der Waals surface area contributed by atoms with Crippen LogP contribution in [0.25, 0.3) is 11.0 Å². The Bertz CT molecular complexity index is 847. The molecule has 5 heteroatoms. The molecule has 3 rings (SSSR count). The van der Waals surface area contributed by atoms with Crippen molar-refractivity contribution in [2.75, 3.05) is 13.2 Å². The van der Waals surface area contributed by atoms with Gasteiger partial charge in [-0.1, -0.05) is 12.7 Å². The summed E-state index contributed by atoms with van der Waals surface area (Å²) in [6.45, 7) is 5.26. The van der Waals surface area contributed by atoms with Crippen molar-refractivity contribution in [2.45, 2.75) is 32.6 Å². The lowest BCUT2D eigenvalue weighted by atomic mass is 9.90. The monoisotopic (exact) mass is 328 g/mol. The summed E-state index contributed by atoms with van der Waals surface area (Å²) in [4.78, 5) is 23.8. The molecule has 24 heavy (non-hydrogen) atoms. The predicted octanol–water partition coefficient (Wildman–Crippen LogP) is 3.09. The highest BCUT2D eigenvalue weighted by Crippen LogP contribution is 2.32. The number of carbonyl (C=O) groups is 1. The average Bonchev–Trinajstić information content (AvgIpc) is 2.60. The van der Waals surface area contributed by atoms with Gasteiger partial charge in [-0.25, -0.2) is 9.59 Å². The van der Waals surface area contributed by atoms with E-state index >= 15 is 0 Å². The van der Waals surface area contributed by atoms with Gasteiger partial charge in [-0.2, -0.15) is 0 Å². The van der Waals surface area contributed by atoms with E-state index in [-0.39, 0.29) is 18.8 Å². The number of esters is 1. The Hall–Kier alpha value is -2.56. The van der Waals surface area contributed by atoms with Gasteiger partial charge < -0.3 is 13.9 Å². The summed E-state index contributed by atoms with van der Waals surface area (Å²) in [5.74, 6) is 0.0400. The summed E-state index contributed by atoms with van der Waals surface area (Å²) >= 11 is 0. The van der Waals surface area contributed by atoms with E-state index in [1.807, 2.05) is 19.1 Å². The molecule has 0 bridgehead atoms. The fourth-order valence-electron chi connectivity index (χ4n) is 3.11. The zero-order chi connectivity index (χ0) is 17.1. The molecule has 0 saturated heterocycles. The number of benzene rings is 1. The van der Waals surface area contributed by atoms with Gasteiger partial charge in [0.05, 0.1) is 0 Å². The third-order valence-corrected chi connectivity index (χ3v) is 4.30. The number of rotatable bonds is 5. The molecule has 2 aromatic rings. The highest BCUT2D eigenvalue weighted by molar-refractivity contribution is 5.86. The summed E-state index contributed by atoms with van der Waals surface area (Å²) in [5, 5.41) is 0.961. The number of carbonyl (C=O) groups excluding carboxylic acids is 1. The molecule has 0 spiro atoms. The van der Waals surface area contributed by atoms with E-state index < -0.39 is 5.97 Å². The summed E-state index contributed by atoms with van der Waals surface area (Å²) < 4.78 is 15.9. The molecule has 0 fully saturated rings. The van der Waals surface area contributed by atoms with Crippen LogP contribution in [-0.2, 0) is 22.4 Å². The Labute approximate surface area is 139 Å². The van der Waals surface area contributed by atoms with Crippen molar-refractivity contribution in [3.05, 3.63) is 51.9 Å². The molecular formula is C19H20O5. The van der Waals surface area contributed by atoms with Crippen LogP contribution in [0.1, 0.15) is 29.5 Å². The van der Waals surface area contributed by atoms with Crippen molar-refractivity contribution in [1.29, 1.82) is 0 Å². The molecule has 1 heterocycles. The van der Waals surface area contributed by atoms with Gasteiger partial charge in [0.1, 0.15) is 17.9 Å². The van der Waals surface area contributed by atoms with E-state index in [2.05, 4.69) is 6.58 Å². The molecule has 1 aliphatic carbocycles. The zero-order valence-electron chi connectivity index (χ0n) is 13.7. The van der Waals surface area contributed by atoms with Crippen LogP contribution in [0.2, 0.25) is 0 Å². The van der Waals surface area contributed by atoms with E-state index in [4.69, 9.17) is 13.9 Å². The van der Waals surface area contributed by atoms with Crippen LogP contribution in [0, 0.1) is 6.92 Å². The molecular weight excluding hydrogens is 308 g/mol. The van der Waals surface area contributed by atoms with E-state index in [0.29, 0.717) is 11.3 Å². The summed E-state index contributed by atoms with van der Waals surface area (Å²) in [6, 6.07) is 3.72. The quantitative estimate of drug-likeness (QED) is 0.479. The smallest absolute Gasteiger partial charge is 0.344 e. The maximum Gasteiger partial charge on any atom is 0.344 e. The van der Waals surface area contributed by atoms with E-state index in [9.17, 15) is 9.59 Å². The summed E-state index contributed by atoms with van der Waals surface area (Å²) in [5.41, 5.74) is 2.89. The van der Waals surface area contributed by atoms with Crippen molar-refractivity contribution in [2.24, 2.45) is 0 Å². The van der Waals surface area contributed by atoms with E-state index in [0.717, 1.165) is 47.8 Å². The molecule has 0 radical (unpaired) electrons. The Morgan fingerprint density at radius 2 is 2.04 bits per heavy atom. The number of ether oxygens (including phenoxy) is 2. The highest BCUT2D eigenvalue weighted by Gasteiger charge is 2.20. The van der Waals surface area contributed by atoms with Crippen LogP contribution < -0.4 is 10.4 Å². The Balaban J connectivity index is 1.92. The molecule has 126 valence electrons. The Morgan fingerprint density at radius 3 is 2.79 bits per heavy atom. The van der Waals surface area contributed by atoms with Gasteiger partial charge in [-0.05, 0) is 50.3 Å². The van der Waals surface area contributed by atoms with Crippen LogP contribution in [0.5, 0.6) is 5.75 Å². The van der Waals surface area contributed by atoms with Crippen molar-refractivity contribution >= 4 is 16.9 Å². The van der Waals surface area contributed by atoms with Gasteiger partial charge in [0, 0.05) is 16.5 Å². The molecule has 0 N–H and O–H groups in total. The number of fused-ring (bicyclic) bond motifs is 3. The molecule has 1 aromatic carbocycles. The third kappa shape index (κ3) is 3.07. The second-order valence-electron chi connectivity index (χ2n) is 5.88. The standard InChI is InChI=1S/C19H20O5/c1-3-10-22-17(20)11-23-16-9-8-14-13-6-4-5-7-15(13)19(21)24-18(14)12(16)2/h3,8-9H,1,4-7,10-11H2,2H3. The lowest BCUT2D eigenvalue weighted by Crippen LogP contribution is -2.17. The number of aryl methyl sites for hydroxylation is 2. The molecule has 0 aliphatic heterocycles. The molecule has 0 amide bonds. The maximum absolute atomic E-state index is 12.2. The predicted molar refractivity (Wildman–Crippen MR) is 90.5 cm³/mol. The van der Waals surface area contributed by atoms with Crippen LogP contribution in [0.4, 0.5) is 0 Å². The van der Waals surface area contributed by atoms with Crippen LogP contribution in [0.15, 0.2) is 34.0 Å². The van der Waals surface area contributed by atoms with Gasteiger partial charge in [-0.3, -0.25) is 0 Å². The number of hydrogen-bond donors (Lipinski definition) is 0. The molecule has 0 saturated carbocycles. The molecule has 1 aromatic heterocycles. The molecule has 5 nitrogen and oxygen atoms in total. The second kappa shape index (κ2) is 6.91. The van der Waals surface area contributed by atoms with Crippen molar-refractivity contribution in [3.63, 3.8) is 0 Å². The van der Waals surface area contributed by atoms with Crippen LogP contribution in [-0.4, -0.2) is 19.2 Å². The second-order valence-corrected chi connectivity index (χ2v) is 5.88. The molecule has 0 unspecified atom stereocenters. The Kier molecular flexibility index (Phi) is 4.69. The normalized spacial score (nSPS) is 13.4. The van der Waals surface area contributed by atoms with Crippen LogP contribution in [0.3, 0.4) is 0 Å². The Morgan fingerprint density at radius 1 is 1.29 bits per heavy atom. The third-order valence-electron chi connectivity index (χ3n) is 4.30. The maximum atomic E-state index is 12.2. The minimum atomic E-state index is -0.471. The first-order chi connectivity index (χ1) is 11.6. The molecule has 0 atom stereocenters. The first-order valence-corrected chi connectivity index (χ1v) is 8.09. The van der Waals surface area contributed by atoms with Gasteiger partial charge in [-0.15, -0.1) is 0 Å². The van der Waals surface area contributed by atoms with Crippen molar-refractivity contribution in [3.8, 4) is 5.75 Å². The van der Waals surface area contributed by atoms with E-state index in [1.54, 1.807) is 0 Å². The average molecular weight is 328 g/mol. The van der Waals surface area contributed by atoms with Crippen LogP contribution >= 0.6 is 0 Å². The first kappa shape index (κ1) is 16.3. The fraction of sp³-hybridized carbons (Fsp3) is 0.368. The van der Waals surface area contributed by atoms with Crippen molar-refractivity contribution < 1.29 is 18.7 Å². The summed E-state index contributed by atoms with van der Waals surface area (Å²) in [6.07, 6.45) is 5.27. The zero-order valence-corrected chi connectivity index (χ0v) is 13.7. The fourth-order valence-corrected chi connectivity index (χ4v) is 3.11. The number of hydrogen-bond acceptors (Lipinski definition) is 5. The van der Waals surface area contributed by atoms with Gasteiger partial charge >= 0.3 is 11.6 Å². The largest absolute Gasteiger partial charge is 0.481 e. The SMILES string of the molecule is C=CCOC(=O)COc1ccc2c3c(c(=O)oc2c1C)CCCC3. The minimum Gasteiger partial charge on any atom is -0.481 e. The summed E-state index contributed by atoms with van der Waals surface area (Å²) in [7, 11) is 0. The highest BCUT2D eigenvalue weighted by atomic mass is 16.6. The first-order valence-electron chi connectivity index (χ1n) is 8.09. The topological polar surface area (TPSA) is 65.7 Å². The van der Waals surface area contributed by atoms with Gasteiger partial charge in [0.2, 0.25) is 0 Å². The van der Waals surface area contributed by atoms with Crippen molar-refractivity contribution in [1.82, 2.24) is 0 Å². The minimum absolute atomic E-state index is 0.153. The molecule has 1 aliphatic rings. The lowest BCUT2D eigenvalue weighted by Gasteiger charge is -2.17. The van der Waals surface area contributed by atoms with Gasteiger partial charge in [0.25, 0.3) is 0 Å².